The van der Waals surface area contributed by atoms with Gasteiger partial charge >= 0.3 is 0 Å². The predicted molar refractivity (Wildman–Crippen MR) is 107 cm³/mol. The van der Waals surface area contributed by atoms with E-state index >= 15 is 0 Å². The molecule has 4 rings (SSSR count). The van der Waals surface area contributed by atoms with Gasteiger partial charge in [-0.3, -0.25) is 9.69 Å². The standard InChI is InChI=1S/C21H27N5O2/c1-14(2)12-25-10-5-11-26(13-19(25)20-23-15(3)24-28-20)21(27)17-6-4-7-18-16(17)8-9-22-18/h4,6-9,14,19,22H,5,10-13H2,1-3H3. The number of nitrogens with one attached hydrogen (secondary N) is 1. The van der Waals surface area contributed by atoms with Crippen LogP contribution in [0.25, 0.3) is 10.9 Å². The topological polar surface area (TPSA) is 78.3 Å². The lowest BCUT2D eigenvalue weighted by Gasteiger charge is -2.30. The van der Waals surface area contributed by atoms with Crippen molar-refractivity contribution in [2.45, 2.75) is 33.2 Å². The second kappa shape index (κ2) is 7.75. The van der Waals surface area contributed by atoms with Gasteiger partial charge in [0.15, 0.2) is 5.82 Å². The number of hydrogen-bond acceptors (Lipinski definition) is 5. The van der Waals surface area contributed by atoms with Crippen molar-refractivity contribution in [3.8, 4) is 0 Å². The zero-order valence-corrected chi connectivity index (χ0v) is 16.7. The van der Waals surface area contributed by atoms with Crippen LogP contribution in [-0.4, -0.2) is 57.0 Å². The molecule has 1 atom stereocenters. The third-order valence-corrected chi connectivity index (χ3v) is 5.25. The summed E-state index contributed by atoms with van der Waals surface area (Å²) in [6, 6.07) is 7.70. The quantitative estimate of drug-likeness (QED) is 0.749. The summed E-state index contributed by atoms with van der Waals surface area (Å²) < 4.78 is 5.52. The zero-order chi connectivity index (χ0) is 19.7. The van der Waals surface area contributed by atoms with E-state index < -0.39 is 0 Å². The summed E-state index contributed by atoms with van der Waals surface area (Å²) in [6.07, 6.45) is 2.80. The van der Waals surface area contributed by atoms with Gasteiger partial charge in [0.25, 0.3) is 5.91 Å². The number of aromatic nitrogens is 3. The molecule has 1 N–H and O–H groups in total. The van der Waals surface area contributed by atoms with E-state index in [1.54, 1.807) is 0 Å². The molecule has 148 valence electrons. The van der Waals surface area contributed by atoms with E-state index in [-0.39, 0.29) is 11.9 Å². The highest BCUT2D eigenvalue weighted by Gasteiger charge is 2.33. The molecule has 7 heteroatoms. The number of fused-ring (bicyclic) bond motifs is 1. The van der Waals surface area contributed by atoms with Crippen molar-refractivity contribution in [1.29, 1.82) is 0 Å². The Balaban J connectivity index is 1.64. The fourth-order valence-corrected chi connectivity index (χ4v) is 4.03. The molecule has 1 amide bonds. The number of carbonyl (C=O) groups is 1. The lowest BCUT2D eigenvalue weighted by molar-refractivity contribution is 0.0710. The highest BCUT2D eigenvalue weighted by atomic mass is 16.5. The van der Waals surface area contributed by atoms with Crippen molar-refractivity contribution in [2.75, 3.05) is 26.2 Å². The third kappa shape index (κ3) is 3.67. The number of hydrogen-bond donors (Lipinski definition) is 1. The second-order valence-electron chi connectivity index (χ2n) is 7.93. The Kier molecular flexibility index (Phi) is 5.17. The van der Waals surface area contributed by atoms with E-state index in [1.807, 2.05) is 42.3 Å². The summed E-state index contributed by atoms with van der Waals surface area (Å²) in [5, 5.41) is 4.94. The summed E-state index contributed by atoms with van der Waals surface area (Å²) in [7, 11) is 0. The minimum absolute atomic E-state index is 0.0536. The van der Waals surface area contributed by atoms with Gasteiger partial charge in [0.2, 0.25) is 5.89 Å². The van der Waals surface area contributed by atoms with Gasteiger partial charge in [0.05, 0.1) is 0 Å². The van der Waals surface area contributed by atoms with Gasteiger partial charge in [-0.25, -0.2) is 0 Å². The number of H-pyrrole nitrogens is 1. The lowest BCUT2D eigenvalue weighted by atomic mass is 10.1. The van der Waals surface area contributed by atoms with E-state index in [1.165, 1.54) is 0 Å². The molecule has 28 heavy (non-hydrogen) atoms. The monoisotopic (exact) mass is 381 g/mol. The van der Waals surface area contributed by atoms with Gasteiger partial charge in [0.1, 0.15) is 6.04 Å². The van der Waals surface area contributed by atoms with E-state index in [0.717, 1.165) is 42.5 Å². The van der Waals surface area contributed by atoms with Gasteiger partial charge in [0, 0.05) is 48.8 Å². The molecule has 1 fully saturated rings. The predicted octanol–water partition coefficient (Wildman–Crippen LogP) is 3.40. The van der Waals surface area contributed by atoms with Gasteiger partial charge < -0.3 is 14.4 Å². The number of carbonyl (C=O) groups excluding carboxylic acids is 1. The van der Waals surface area contributed by atoms with Crippen molar-refractivity contribution in [2.24, 2.45) is 5.92 Å². The molecule has 0 spiro atoms. The summed E-state index contributed by atoms with van der Waals surface area (Å²) in [5.41, 5.74) is 1.71. The molecule has 3 heterocycles. The summed E-state index contributed by atoms with van der Waals surface area (Å²) in [4.78, 5) is 25.4. The Hall–Kier alpha value is -2.67. The largest absolute Gasteiger partial charge is 0.361 e. The maximum atomic E-state index is 13.4. The smallest absolute Gasteiger partial charge is 0.254 e. The average Bonchev–Trinajstić information content (AvgIpc) is 3.26. The first kappa shape index (κ1) is 18.7. The number of aromatic amines is 1. The molecule has 2 aromatic heterocycles. The number of amides is 1. The molecule has 1 saturated heterocycles. The van der Waals surface area contributed by atoms with E-state index in [4.69, 9.17) is 4.52 Å². The minimum atomic E-state index is -0.0829. The molecular formula is C21H27N5O2. The lowest BCUT2D eigenvalue weighted by Crippen LogP contribution is -2.39. The third-order valence-electron chi connectivity index (χ3n) is 5.25. The van der Waals surface area contributed by atoms with Gasteiger partial charge in [-0.05, 0) is 37.5 Å². The van der Waals surface area contributed by atoms with Gasteiger partial charge in [-0.2, -0.15) is 4.98 Å². The molecule has 0 aliphatic carbocycles. The van der Waals surface area contributed by atoms with Crippen LogP contribution in [0.2, 0.25) is 0 Å². The first-order chi connectivity index (χ1) is 13.5. The van der Waals surface area contributed by atoms with Crippen molar-refractivity contribution >= 4 is 16.8 Å². The normalized spacial score (nSPS) is 18.7. The molecule has 1 aliphatic rings. The number of aryl methyl sites for hydroxylation is 1. The zero-order valence-electron chi connectivity index (χ0n) is 16.7. The molecule has 1 aliphatic heterocycles. The van der Waals surface area contributed by atoms with Crippen LogP contribution in [0.4, 0.5) is 0 Å². The molecular weight excluding hydrogens is 354 g/mol. The van der Waals surface area contributed by atoms with Crippen molar-refractivity contribution in [1.82, 2.24) is 24.9 Å². The fourth-order valence-electron chi connectivity index (χ4n) is 4.03. The van der Waals surface area contributed by atoms with Crippen LogP contribution in [0, 0.1) is 12.8 Å². The Bertz CT molecular complexity index is 961. The van der Waals surface area contributed by atoms with Crippen LogP contribution in [-0.2, 0) is 0 Å². The van der Waals surface area contributed by atoms with Crippen LogP contribution >= 0.6 is 0 Å². The Morgan fingerprint density at radius 1 is 1.32 bits per heavy atom. The first-order valence-electron chi connectivity index (χ1n) is 9.92. The van der Waals surface area contributed by atoms with Crippen LogP contribution in [0.15, 0.2) is 35.0 Å². The molecule has 1 unspecified atom stereocenters. The molecule has 1 aromatic carbocycles. The maximum absolute atomic E-state index is 13.4. The SMILES string of the molecule is Cc1noc(C2CN(C(=O)c3cccc4[nH]ccc34)CCCN2CC(C)C)n1. The second-order valence-corrected chi connectivity index (χ2v) is 7.93. The number of benzene rings is 1. The number of nitrogens with zero attached hydrogens (tertiary/aromatic N) is 4. The highest BCUT2D eigenvalue weighted by molar-refractivity contribution is 6.06. The summed E-state index contributed by atoms with van der Waals surface area (Å²) in [5.74, 6) is 1.79. The van der Waals surface area contributed by atoms with Crippen LogP contribution in [0.1, 0.15) is 48.4 Å². The highest BCUT2D eigenvalue weighted by Crippen LogP contribution is 2.27. The first-order valence-corrected chi connectivity index (χ1v) is 9.92. The van der Waals surface area contributed by atoms with E-state index in [2.05, 4.69) is 33.9 Å². The fraction of sp³-hybridized carbons (Fsp3) is 0.476. The molecule has 3 aromatic rings. The van der Waals surface area contributed by atoms with Crippen LogP contribution < -0.4 is 0 Å². The van der Waals surface area contributed by atoms with Crippen molar-refractivity contribution < 1.29 is 9.32 Å². The van der Waals surface area contributed by atoms with E-state index in [9.17, 15) is 4.79 Å². The summed E-state index contributed by atoms with van der Waals surface area (Å²) in [6.45, 7) is 9.34. The van der Waals surface area contributed by atoms with Crippen molar-refractivity contribution in [3.63, 3.8) is 0 Å². The molecule has 7 nitrogen and oxygen atoms in total. The average molecular weight is 381 g/mol. The van der Waals surface area contributed by atoms with Crippen LogP contribution in [0.3, 0.4) is 0 Å². The Morgan fingerprint density at radius 2 is 2.18 bits per heavy atom. The maximum Gasteiger partial charge on any atom is 0.254 e. The molecule has 0 radical (unpaired) electrons. The number of rotatable bonds is 4. The summed E-state index contributed by atoms with van der Waals surface area (Å²) >= 11 is 0. The Morgan fingerprint density at radius 3 is 2.93 bits per heavy atom. The minimum Gasteiger partial charge on any atom is -0.361 e. The Labute approximate surface area is 164 Å². The molecule has 0 saturated carbocycles. The molecule has 0 bridgehead atoms. The van der Waals surface area contributed by atoms with E-state index in [0.29, 0.717) is 24.2 Å². The van der Waals surface area contributed by atoms with Gasteiger partial charge in [-0.15, -0.1) is 0 Å². The van der Waals surface area contributed by atoms with Crippen molar-refractivity contribution in [3.05, 3.63) is 47.7 Å². The van der Waals surface area contributed by atoms with Crippen LogP contribution in [0.5, 0.6) is 0 Å². The van der Waals surface area contributed by atoms with Gasteiger partial charge in [-0.1, -0.05) is 25.1 Å².